The molecule has 18 heavy (non-hydrogen) atoms. The molecule has 96 valence electrons. The zero-order valence-corrected chi connectivity index (χ0v) is 9.99. The fourth-order valence-electron chi connectivity index (χ4n) is 3.95. The van der Waals surface area contributed by atoms with Gasteiger partial charge in [0.2, 0.25) is 0 Å². The number of hydrogen-bond donors (Lipinski definition) is 1. The van der Waals surface area contributed by atoms with E-state index in [2.05, 4.69) is 12.2 Å². The van der Waals surface area contributed by atoms with Gasteiger partial charge in [0.05, 0.1) is 0 Å². The SMILES string of the molecule is O=C(O)/C=C\C(=O)OC1C[C@H]2C[C@@H]1[C@H]1C=CC[C@@H]21. The molecule has 4 nitrogen and oxygen atoms in total. The smallest absolute Gasteiger partial charge is 0.331 e. The van der Waals surface area contributed by atoms with Crippen LogP contribution in [0.15, 0.2) is 24.3 Å². The largest absolute Gasteiger partial charge is 0.478 e. The number of esters is 1. The molecule has 0 aromatic heterocycles. The number of carboxylic acids is 1. The van der Waals surface area contributed by atoms with E-state index in [0.29, 0.717) is 17.8 Å². The van der Waals surface area contributed by atoms with E-state index in [9.17, 15) is 9.59 Å². The average molecular weight is 248 g/mol. The van der Waals surface area contributed by atoms with E-state index >= 15 is 0 Å². The Hall–Kier alpha value is -1.58. The van der Waals surface area contributed by atoms with Crippen molar-refractivity contribution >= 4 is 11.9 Å². The lowest BCUT2D eigenvalue weighted by Gasteiger charge is -2.30. The number of hydrogen-bond acceptors (Lipinski definition) is 3. The predicted molar refractivity (Wildman–Crippen MR) is 63.6 cm³/mol. The van der Waals surface area contributed by atoms with Crippen LogP contribution in [0.25, 0.3) is 0 Å². The molecule has 0 amide bonds. The van der Waals surface area contributed by atoms with Crippen molar-refractivity contribution in [3.05, 3.63) is 24.3 Å². The number of ether oxygens (including phenoxy) is 1. The summed E-state index contributed by atoms with van der Waals surface area (Å²) in [6, 6.07) is 0. The van der Waals surface area contributed by atoms with Crippen molar-refractivity contribution in [2.24, 2.45) is 23.7 Å². The van der Waals surface area contributed by atoms with E-state index in [1.54, 1.807) is 0 Å². The van der Waals surface area contributed by atoms with Crippen molar-refractivity contribution in [3.8, 4) is 0 Å². The molecular weight excluding hydrogens is 232 g/mol. The van der Waals surface area contributed by atoms with Crippen LogP contribution in [0.5, 0.6) is 0 Å². The standard InChI is InChI=1S/C14H16O4/c15-13(16)4-5-14(17)18-12-7-8-6-11(12)10-3-1-2-9(8)10/h1,3-5,8-12H,2,6-7H2,(H,15,16)/b5-4-/t8-,9+,10+,11-,12?/m1/s1. The number of rotatable bonds is 3. The molecule has 2 bridgehead atoms. The minimum Gasteiger partial charge on any atom is -0.478 e. The van der Waals surface area contributed by atoms with E-state index in [1.807, 2.05) is 0 Å². The van der Waals surface area contributed by atoms with Crippen LogP contribution in [0.3, 0.4) is 0 Å². The van der Waals surface area contributed by atoms with Gasteiger partial charge in [0, 0.05) is 18.1 Å². The van der Waals surface area contributed by atoms with Crippen molar-refractivity contribution < 1.29 is 19.4 Å². The van der Waals surface area contributed by atoms with Crippen molar-refractivity contribution in [3.63, 3.8) is 0 Å². The minimum atomic E-state index is -1.13. The first-order valence-electron chi connectivity index (χ1n) is 6.43. The number of carboxylic acid groups (broad SMARTS) is 1. The second-order valence-electron chi connectivity index (χ2n) is 5.45. The summed E-state index contributed by atoms with van der Waals surface area (Å²) in [5.74, 6) is 0.800. The molecule has 4 heteroatoms. The summed E-state index contributed by atoms with van der Waals surface area (Å²) >= 11 is 0. The quantitative estimate of drug-likeness (QED) is 0.469. The van der Waals surface area contributed by atoms with Gasteiger partial charge >= 0.3 is 11.9 Å². The third kappa shape index (κ3) is 1.85. The van der Waals surface area contributed by atoms with E-state index in [1.165, 1.54) is 6.42 Å². The molecule has 5 atom stereocenters. The fraction of sp³-hybridized carbons (Fsp3) is 0.571. The number of fused-ring (bicyclic) bond motifs is 5. The lowest BCUT2D eigenvalue weighted by Crippen LogP contribution is -2.31. The summed E-state index contributed by atoms with van der Waals surface area (Å²) in [4.78, 5) is 21.8. The summed E-state index contributed by atoms with van der Waals surface area (Å²) in [6.45, 7) is 0. The number of carbonyl (C=O) groups excluding carboxylic acids is 1. The van der Waals surface area contributed by atoms with Crippen LogP contribution >= 0.6 is 0 Å². The normalized spacial score (nSPS) is 40.3. The highest BCUT2D eigenvalue weighted by molar-refractivity contribution is 5.90. The molecule has 3 aliphatic carbocycles. The van der Waals surface area contributed by atoms with Crippen LogP contribution in [0.4, 0.5) is 0 Å². The molecule has 0 spiro atoms. The zero-order valence-electron chi connectivity index (χ0n) is 9.99. The molecule has 0 aliphatic heterocycles. The number of allylic oxidation sites excluding steroid dienone is 2. The van der Waals surface area contributed by atoms with Gasteiger partial charge in [-0.25, -0.2) is 9.59 Å². The first-order chi connectivity index (χ1) is 8.65. The summed E-state index contributed by atoms with van der Waals surface area (Å²) in [7, 11) is 0. The van der Waals surface area contributed by atoms with E-state index < -0.39 is 11.9 Å². The Bertz CT molecular complexity index is 437. The maximum absolute atomic E-state index is 11.5. The number of aliphatic carboxylic acids is 1. The van der Waals surface area contributed by atoms with Crippen molar-refractivity contribution in [2.75, 3.05) is 0 Å². The Morgan fingerprint density at radius 2 is 2.06 bits per heavy atom. The van der Waals surface area contributed by atoms with Crippen molar-refractivity contribution in [1.82, 2.24) is 0 Å². The Morgan fingerprint density at radius 1 is 1.22 bits per heavy atom. The van der Waals surface area contributed by atoms with Crippen LogP contribution < -0.4 is 0 Å². The van der Waals surface area contributed by atoms with Gasteiger partial charge in [-0.05, 0) is 37.0 Å². The van der Waals surface area contributed by atoms with Crippen LogP contribution in [0, 0.1) is 23.7 Å². The number of carbonyl (C=O) groups is 2. The third-order valence-corrected chi connectivity index (χ3v) is 4.58. The molecule has 3 rings (SSSR count). The van der Waals surface area contributed by atoms with Gasteiger partial charge < -0.3 is 9.84 Å². The molecular formula is C14H16O4. The highest BCUT2D eigenvalue weighted by Crippen LogP contribution is 2.57. The molecule has 0 aromatic carbocycles. The zero-order chi connectivity index (χ0) is 12.7. The van der Waals surface area contributed by atoms with Crippen LogP contribution in [0.2, 0.25) is 0 Å². The topological polar surface area (TPSA) is 63.6 Å². The molecule has 2 saturated carbocycles. The molecule has 0 heterocycles. The molecule has 0 aromatic rings. The van der Waals surface area contributed by atoms with Gasteiger partial charge in [-0.15, -0.1) is 0 Å². The maximum Gasteiger partial charge on any atom is 0.331 e. The first-order valence-corrected chi connectivity index (χ1v) is 6.43. The first kappa shape index (κ1) is 11.5. The molecule has 0 saturated heterocycles. The van der Waals surface area contributed by atoms with Gasteiger partial charge in [0.25, 0.3) is 0 Å². The van der Waals surface area contributed by atoms with Crippen LogP contribution in [0.1, 0.15) is 19.3 Å². The monoisotopic (exact) mass is 248 g/mol. The summed E-state index contributed by atoms with van der Waals surface area (Å²) in [6.07, 6.45) is 9.58. The summed E-state index contributed by atoms with van der Waals surface area (Å²) in [5.41, 5.74) is 0. The molecule has 2 fully saturated rings. The fourth-order valence-corrected chi connectivity index (χ4v) is 3.95. The Balaban J connectivity index is 1.61. The average Bonchev–Trinajstić information content (AvgIpc) is 2.97. The van der Waals surface area contributed by atoms with Gasteiger partial charge in [0.15, 0.2) is 0 Å². The highest BCUT2D eigenvalue weighted by Gasteiger charge is 2.53. The van der Waals surface area contributed by atoms with Crippen molar-refractivity contribution in [2.45, 2.75) is 25.4 Å². The molecule has 0 radical (unpaired) electrons. The Labute approximate surface area is 105 Å². The van der Waals surface area contributed by atoms with Gasteiger partial charge in [-0.2, -0.15) is 0 Å². The third-order valence-electron chi connectivity index (χ3n) is 4.58. The van der Waals surface area contributed by atoms with Gasteiger partial charge in [-0.3, -0.25) is 0 Å². The minimum absolute atomic E-state index is 0.0232. The molecule has 3 aliphatic rings. The summed E-state index contributed by atoms with van der Waals surface area (Å²) < 4.78 is 5.38. The van der Waals surface area contributed by atoms with E-state index in [0.717, 1.165) is 30.9 Å². The lowest BCUT2D eigenvalue weighted by atomic mass is 9.80. The van der Waals surface area contributed by atoms with Crippen molar-refractivity contribution in [1.29, 1.82) is 0 Å². The maximum atomic E-state index is 11.5. The van der Waals surface area contributed by atoms with Gasteiger partial charge in [0.1, 0.15) is 6.10 Å². The molecule has 1 N–H and O–H groups in total. The Morgan fingerprint density at radius 3 is 2.83 bits per heavy atom. The predicted octanol–water partition coefficient (Wildman–Crippen LogP) is 1.77. The van der Waals surface area contributed by atoms with E-state index in [4.69, 9.17) is 9.84 Å². The molecule has 1 unspecified atom stereocenters. The highest BCUT2D eigenvalue weighted by atomic mass is 16.5. The van der Waals surface area contributed by atoms with E-state index in [-0.39, 0.29) is 6.10 Å². The second-order valence-corrected chi connectivity index (χ2v) is 5.45. The van der Waals surface area contributed by atoms with Crippen LogP contribution in [-0.4, -0.2) is 23.1 Å². The summed E-state index contributed by atoms with van der Waals surface area (Å²) in [5, 5.41) is 8.45. The van der Waals surface area contributed by atoms with Crippen LogP contribution in [-0.2, 0) is 14.3 Å². The lowest BCUT2D eigenvalue weighted by molar-refractivity contribution is -0.147. The van der Waals surface area contributed by atoms with Gasteiger partial charge in [-0.1, -0.05) is 12.2 Å². The Kier molecular flexibility index (Phi) is 2.73. The second kappa shape index (κ2) is 4.26.